The first kappa shape index (κ1) is 10.7. The van der Waals surface area contributed by atoms with Gasteiger partial charge >= 0.3 is 0 Å². The highest BCUT2D eigenvalue weighted by molar-refractivity contribution is 4.96. The van der Waals surface area contributed by atoms with E-state index in [1.807, 2.05) is 13.8 Å². The van der Waals surface area contributed by atoms with Crippen molar-refractivity contribution in [2.24, 2.45) is 0 Å². The van der Waals surface area contributed by atoms with Gasteiger partial charge in [0.25, 0.3) is 0 Å². The van der Waals surface area contributed by atoms with E-state index in [0.717, 1.165) is 0 Å². The van der Waals surface area contributed by atoms with E-state index in [-0.39, 0.29) is 4.92 Å². The summed E-state index contributed by atoms with van der Waals surface area (Å²) in [6.07, 6.45) is 4.97. The quantitative estimate of drug-likeness (QED) is 0.547. The average Bonchev–Trinajstić information content (AvgIpc) is 2.55. The molecule has 0 aromatic carbocycles. The van der Waals surface area contributed by atoms with Gasteiger partial charge in [0.05, 0.1) is 6.33 Å². The molecule has 0 bridgehead atoms. The molecule has 1 rings (SSSR count). The van der Waals surface area contributed by atoms with Gasteiger partial charge in [0.15, 0.2) is 0 Å². The molecular weight excluding hydrogens is 182 g/mol. The van der Waals surface area contributed by atoms with Gasteiger partial charge in [-0.25, -0.2) is 4.98 Å². The van der Waals surface area contributed by atoms with Crippen molar-refractivity contribution in [1.29, 1.82) is 0 Å². The Morgan fingerprint density at radius 3 is 2.29 bits per heavy atom. The zero-order valence-corrected chi connectivity index (χ0v) is 8.89. The second-order valence-corrected chi connectivity index (χ2v) is 4.35. The second kappa shape index (κ2) is 3.08. The summed E-state index contributed by atoms with van der Waals surface area (Å²) in [4.78, 5) is 14.6. The Morgan fingerprint density at radius 2 is 1.93 bits per heavy atom. The molecule has 0 N–H and O–H groups in total. The average molecular weight is 197 g/mol. The van der Waals surface area contributed by atoms with Crippen molar-refractivity contribution >= 4 is 0 Å². The van der Waals surface area contributed by atoms with Crippen LogP contribution in [0.3, 0.4) is 0 Å². The molecule has 0 unspecified atom stereocenters. The monoisotopic (exact) mass is 197 g/mol. The van der Waals surface area contributed by atoms with E-state index >= 15 is 0 Å². The number of aromatic nitrogens is 2. The maximum absolute atomic E-state index is 10.9. The van der Waals surface area contributed by atoms with Crippen molar-refractivity contribution in [2.75, 3.05) is 0 Å². The van der Waals surface area contributed by atoms with Gasteiger partial charge in [-0.05, 0) is 13.8 Å². The Kier molecular flexibility index (Phi) is 2.35. The van der Waals surface area contributed by atoms with Crippen LogP contribution in [-0.4, -0.2) is 20.0 Å². The van der Waals surface area contributed by atoms with Gasteiger partial charge < -0.3 is 4.57 Å². The third kappa shape index (κ3) is 1.38. The Labute approximate surface area is 82.9 Å². The minimum absolute atomic E-state index is 0.257. The molecule has 14 heavy (non-hydrogen) atoms. The standard InChI is InChI=1S/C9H15N3O2/c1-8(2,9(3,4)12(13)14)11-6-5-10-7-11/h5-7H,1-4H3. The molecule has 0 spiro atoms. The normalized spacial score (nSPS) is 12.9. The maximum Gasteiger partial charge on any atom is 0.239 e. The van der Waals surface area contributed by atoms with E-state index in [4.69, 9.17) is 0 Å². The van der Waals surface area contributed by atoms with Gasteiger partial charge in [0.2, 0.25) is 5.54 Å². The Balaban J connectivity index is 3.13. The predicted molar refractivity (Wildman–Crippen MR) is 52.6 cm³/mol. The molecular formula is C9H15N3O2. The first-order valence-corrected chi connectivity index (χ1v) is 4.43. The molecule has 1 aromatic heterocycles. The molecule has 0 amide bonds. The summed E-state index contributed by atoms with van der Waals surface area (Å²) < 4.78 is 1.76. The summed E-state index contributed by atoms with van der Waals surface area (Å²) in [6, 6.07) is 0. The molecule has 1 heterocycles. The van der Waals surface area contributed by atoms with Crippen LogP contribution in [0.15, 0.2) is 18.7 Å². The van der Waals surface area contributed by atoms with Gasteiger partial charge in [0, 0.05) is 31.2 Å². The third-order valence-corrected chi connectivity index (χ3v) is 3.10. The third-order valence-electron chi connectivity index (χ3n) is 3.10. The summed E-state index contributed by atoms with van der Waals surface area (Å²) in [5.74, 6) is 0. The van der Waals surface area contributed by atoms with Crippen molar-refractivity contribution in [1.82, 2.24) is 9.55 Å². The van der Waals surface area contributed by atoms with E-state index < -0.39 is 11.1 Å². The summed E-state index contributed by atoms with van der Waals surface area (Å²) in [5, 5.41) is 10.9. The van der Waals surface area contributed by atoms with Gasteiger partial charge in [0.1, 0.15) is 5.54 Å². The van der Waals surface area contributed by atoms with E-state index in [9.17, 15) is 10.1 Å². The van der Waals surface area contributed by atoms with Crippen LogP contribution in [0.4, 0.5) is 0 Å². The first-order valence-electron chi connectivity index (χ1n) is 4.43. The lowest BCUT2D eigenvalue weighted by atomic mass is 9.83. The number of hydrogen-bond acceptors (Lipinski definition) is 3. The van der Waals surface area contributed by atoms with Crippen molar-refractivity contribution in [3.05, 3.63) is 28.8 Å². The smallest absolute Gasteiger partial charge is 0.239 e. The van der Waals surface area contributed by atoms with Gasteiger partial charge in [-0.15, -0.1) is 0 Å². The summed E-state index contributed by atoms with van der Waals surface area (Å²) in [6.45, 7) is 6.90. The summed E-state index contributed by atoms with van der Waals surface area (Å²) >= 11 is 0. The SMILES string of the molecule is CC(C)(n1ccnc1)C(C)(C)[N+](=O)[O-]. The number of imidazole rings is 1. The van der Waals surface area contributed by atoms with Crippen LogP contribution in [0.2, 0.25) is 0 Å². The molecule has 0 saturated heterocycles. The molecule has 0 radical (unpaired) electrons. The lowest BCUT2D eigenvalue weighted by Gasteiger charge is -2.35. The van der Waals surface area contributed by atoms with Crippen molar-refractivity contribution < 1.29 is 4.92 Å². The van der Waals surface area contributed by atoms with Gasteiger partial charge in [-0.2, -0.15) is 0 Å². The van der Waals surface area contributed by atoms with Crippen LogP contribution >= 0.6 is 0 Å². The molecule has 1 aromatic rings. The maximum atomic E-state index is 10.9. The van der Waals surface area contributed by atoms with Crippen LogP contribution in [0.1, 0.15) is 27.7 Å². The molecule has 0 aliphatic rings. The highest BCUT2D eigenvalue weighted by atomic mass is 16.6. The number of rotatable bonds is 3. The fraction of sp³-hybridized carbons (Fsp3) is 0.667. The first-order chi connectivity index (χ1) is 6.30. The molecule has 78 valence electrons. The highest BCUT2D eigenvalue weighted by Crippen LogP contribution is 2.31. The topological polar surface area (TPSA) is 61.0 Å². The molecule has 0 aliphatic carbocycles. The van der Waals surface area contributed by atoms with Crippen LogP contribution in [-0.2, 0) is 5.54 Å². The molecule has 0 aliphatic heterocycles. The number of nitro groups is 1. The van der Waals surface area contributed by atoms with E-state index in [1.165, 1.54) is 0 Å². The highest BCUT2D eigenvalue weighted by Gasteiger charge is 2.48. The lowest BCUT2D eigenvalue weighted by Crippen LogP contribution is -2.52. The fourth-order valence-corrected chi connectivity index (χ4v) is 1.13. The minimum atomic E-state index is -1.03. The number of hydrogen-bond donors (Lipinski definition) is 0. The Morgan fingerprint density at radius 1 is 1.36 bits per heavy atom. The molecule has 5 heteroatoms. The van der Waals surface area contributed by atoms with E-state index in [0.29, 0.717) is 0 Å². The van der Waals surface area contributed by atoms with Crippen LogP contribution < -0.4 is 0 Å². The summed E-state index contributed by atoms with van der Waals surface area (Å²) in [7, 11) is 0. The van der Waals surface area contributed by atoms with Gasteiger partial charge in [-0.3, -0.25) is 10.1 Å². The van der Waals surface area contributed by atoms with E-state index in [1.54, 1.807) is 37.1 Å². The largest absolute Gasteiger partial charge is 0.325 e. The molecule has 0 atom stereocenters. The van der Waals surface area contributed by atoms with Crippen LogP contribution in [0.25, 0.3) is 0 Å². The second-order valence-electron chi connectivity index (χ2n) is 4.35. The molecule has 0 saturated carbocycles. The minimum Gasteiger partial charge on any atom is -0.325 e. The Hall–Kier alpha value is -1.39. The van der Waals surface area contributed by atoms with Crippen LogP contribution in [0, 0.1) is 10.1 Å². The fourth-order valence-electron chi connectivity index (χ4n) is 1.13. The van der Waals surface area contributed by atoms with Gasteiger partial charge in [-0.1, -0.05) is 0 Å². The molecule has 0 fully saturated rings. The van der Waals surface area contributed by atoms with Crippen molar-refractivity contribution in [2.45, 2.75) is 38.8 Å². The number of nitrogens with zero attached hydrogens (tertiary/aromatic N) is 3. The zero-order valence-electron chi connectivity index (χ0n) is 8.89. The lowest BCUT2D eigenvalue weighted by molar-refractivity contribution is -0.577. The summed E-state index contributed by atoms with van der Waals surface area (Å²) in [5.41, 5.74) is -1.64. The molecule has 5 nitrogen and oxygen atoms in total. The van der Waals surface area contributed by atoms with Crippen molar-refractivity contribution in [3.63, 3.8) is 0 Å². The Bertz CT molecular complexity index is 328. The predicted octanol–water partition coefficient (Wildman–Crippen LogP) is 1.67. The van der Waals surface area contributed by atoms with Crippen molar-refractivity contribution in [3.8, 4) is 0 Å². The zero-order chi connectivity index (χ0) is 11.0. The van der Waals surface area contributed by atoms with Crippen LogP contribution in [0.5, 0.6) is 0 Å². The van der Waals surface area contributed by atoms with E-state index in [2.05, 4.69) is 4.98 Å².